The summed E-state index contributed by atoms with van der Waals surface area (Å²) in [7, 11) is 0. The second-order valence-corrected chi connectivity index (χ2v) is 6.90. The van der Waals surface area contributed by atoms with Gasteiger partial charge in [-0.15, -0.1) is 0 Å². The monoisotopic (exact) mass is 418 g/mol. The Morgan fingerprint density at radius 1 is 1.13 bits per heavy atom. The number of amides is 3. The molecule has 10 heteroatoms. The van der Waals surface area contributed by atoms with E-state index in [-0.39, 0.29) is 18.6 Å². The molecule has 2 aliphatic heterocycles. The fourth-order valence-electron chi connectivity index (χ4n) is 3.01. The maximum atomic E-state index is 12.1. The van der Waals surface area contributed by atoms with Crippen molar-refractivity contribution in [1.82, 2.24) is 15.6 Å². The number of hydrogen-bond acceptors (Lipinski definition) is 7. The van der Waals surface area contributed by atoms with Gasteiger partial charge in [0.15, 0.2) is 6.61 Å². The number of morpholine rings is 1. The second kappa shape index (κ2) is 11.3. The lowest BCUT2D eigenvalue weighted by Gasteiger charge is -2.26. The van der Waals surface area contributed by atoms with E-state index in [4.69, 9.17) is 14.2 Å². The molecular formula is C20H26N4O6. The van der Waals surface area contributed by atoms with Crippen molar-refractivity contribution < 1.29 is 28.6 Å². The van der Waals surface area contributed by atoms with Crippen molar-refractivity contribution in [2.75, 3.05) is 46.1 Å². The molecule has 0 radical (unpaired) electrons. The molecule has 2 aliphatic rings. The van der Waals surface area contributed by atoms with Crippen molar-refractivity contribution in [3.63, 3.8) is 0 Å². The maximum Gasteiger partial charge on any atom is 0.329 e. The van der Waals surface area contributed by atoms with Crippen LogP contribution in [0.5, 0.6) is 5.75 Å². The van der Waals surface area contributed by atoms with Crippen LogP contribution in [0.1, 0.15) is 18.4 Å². The molecule has 2 heterocycles. The highest BCUT2D eigenvalue weighted by Gasteiger charge is 2.19. The number of nitrogens with one attached hydrogen (secondary N) is 2. The summed E-state index contributed by atoms with van der Waals surface area (Å²) in [5.41, 5.74) is 2.88. The van der Waals surface area contributed by atoms with E-state index in [2.05, 4.69) is 15.8 Å². The summed E-state index contributed by atoms with van der Waals surface area (Å²) in [5, 5.41) is 6.30. The smallest absolute Gasteiger partial charge is 0.329 e. The number of hydrogen-bond donors (Lipinski definition) is 2. The third kappa shape index (κ3) is 6.82. The van der Waals surface area contributed by atoms with Crippen molar-refractivity contribution >= 4 is 23.9 Å². The number of carbonyl (C=O) groups is 3. The van der Waals surface area contributed by atoms with Gasteiger partial charge in [-0.25, -0.2) is 5.43 Å². The molecule has 1 aromatic rings. The number of hydrazone groups is 1. The van der Waals surface area contributed by atoms with Crippen molar-refractivity contribution in [2.45, 2.75) is 18.9 Å². The zero-order chi connectivity index (χ0) is 21.2. The summed E-state index contributed by atoms with van der Waals surface area (Å²) in [6.07, 6.45) is 3.22. The predicted molar refractivity (Wildman–Crippen MR) is 107 cm³/mol. The molecule has 0 aromatic heterocycles. The highest BCUT2D eigenvalue weighted by molar-refractivity contribution is 6.35. The van der Waals surface area contributed by atoms with Crippen LogP contribution in [-0.4, -0.2) is 81.0 Å². The lowest BCUT2D eigenvalue weighted by molar-refractivity contribution is -0.139. The minimum atomic E-state index is -0.842. The molecule has 162 valence electrons. The van der Waals surface area contributed by atoms with E-state index in [1.165, 1.54) is 6.21 Å². The molecule has 0 bridgehead atoms. The average Bonchev–Trinajstić information content (AvgIpc) is 3.31. The summed E-state index contributed by atoms with van der Waals surface area (Å²) in [5.74, 6) is -1.13. The van der Waals surface area contributed by atoms with Gasteiger partial charge in [-0.3, -0.25) is 14.4 Å². The molecule has 1 aromatic carbocycles. The van der Waals surface area contributed by atoms with Gasteiger partial charge in [-0.2, -0.15) is 5.10 Å². The van der Waals surface area contributed by atoms with Gasteiger partial charge >= 0.3 is 11.8 Å². The van der Waals surface area contributed by atoms with Crippen LogP contribution in [0.3, 0.4) is 0 Å². The molecule has 3 amide bonds. The molecule has 0 aliphatic carbocycles. The number of benzene rings is 1. The van der Waals surface area contributed by atoms with Crippen molar-refractivity contribution in [3.05, 3.63) is 29.8 Å². The molecular weight excluding hydrogens is 392 g/mol. The first-order valence-corrected chi connectivity index (χ1v) is 9.93. The fraction of sp³-hybridized carbons (Fsp3) is 0.500. The lowest BCUT2D eigenvalue weighted by atomic mass is 10.2. The summed E-state index contributed by atoms with van der Waals surface area (Å²) in [6.45, 7) is 3.21. The highest BCUT2D eigenvalue weighted by atomic mass is 16.5. The van der Waals surface area contributed by atoms with Gasteiger partial charge in [0.1, 0.15) is 5.75 Å². The Labute approximate surface area is 174 Å². The Morgan fingerprint density at radius 2 is 1.90 bits per heavy atom. The van der Waals surface area contributed by atoms with E-state index in [0.29, 0.717) is 50.8 Å². The molecule has 10 nitrogen and oxygen atoms in total. The zero-order valence-corrected chi connectivity index (χ0v) is 16.7. The Morgan fingerprint density at radius 3 is 2.60 bits per heavy atom. The first-order valence-electron chi connectivity index (χ1n) is 9.93. The van der Waals surface area contributed by atoms with E-state index >= 15 is 0 Å². The van der Waals surface area contributed by atoms with Gasteiger partial charge in [-0.05, 0) is 42.7 Å². The first kappa shape index (κ1) is 21.7. The van der Waals surface area contributed by atoms with Crippen LogP contribution in [0.4, 0.5) is 0 Å². The van der Waals surface area contributed by atoms with Crippen molar-refractivity contribution in [3.8, 4) is 5.75 Å². The Balaban J connectivity index is 1.36. The van der Waals surface area contributed by atoms with E-state index in [9.17, 15) is 14.4 Å². The summed E-state index contributed by atoms with van der Waals surface area (Å²) < 4.78 is 16.1. The van der Waals surface area contributed by atoms with E-state index in [1.54, 1.807) is 29.2 Å². The van der Waals surface area contributed by atoms with Crippen LogP contribution in [0, 0.1) is 0 Å². The van der Waals surface area contributed by atoms with Gasteiger partial charge in [0, 0.05) is 26.2 Å². The summed E-state index contributed by atoms with van der Waals surface area (Å²) >= 11 is 0. The summed E-state index contributed by atoms with van der Waals surface area (Å²) in [4.78, 5) is 37.2. The van der Waals surface area contributed by atoms with E-state index < -0.39 is 11.8 Å². The number of nitrogens with zero attached hydrogens (tertiary/aromatic N) is 2. The van der Waals surface area contributed by atoms with Crippen LogP contribution in [0.2, 0.25) is 0 Å². The van der Waals surface area contributed by atoms with Gasteiger partial charge in [-0.1, -0.05) is 0 Å². The minimum absolute atomic E-state index is 0.0323. The Kier molecular flexibility index (Phi) is 8.16. The molecule has 1 atom stereocenters. The van der Waals surface area contributed by atoms with Gasteiger partial charge in [0.25, 0.3) is 5.91 Å². The third-order valence-electron chi connectivity index (χ3n) is 4.71. The van der Waals surface area contributed by atoms with Gasteiger partial charge in [0.05, 0.1) is 25.5 Å². The minimum Gasteiger partial charge on any atom is -0.484 e. The number of rotatable bonds is 7. The van der Waals surface area contributed by atoms with Crippen LogP contribution in [-0.2, 0) is 23.9 Å². The molecule has 0 unspecified atom stereocenters. The average molecular weight is 418 g/mol. The molecule has 30 heavy (non-hydrogen) atoms. The largest absolute Gasteiger partial charge is 0.484 e. The van der Waals surface area contributed by atoms with Crippen LogP contribution < -0.4 is 15.5 Å². The lowest BCUT2D eigenvalue weighted by Crippen LogP contribution is -2.42. The SMILES string of the molecule is O=C(NC[C@H]1CCCO1)C(=O)N/N=C\c1ccc(OCC(=O)N2CCOCC2)cc1. The summed E-state index contributed by atoms with van der Waals surface area (Å²) in [6, 6.07) is 6.84. The molecule has 2 N–H and O–H groups in total. The zero-order valence-electron chi connectivity index (χ0n) is 16.7. The molecule has 0 spiro atoms. The third-order valence-corrected chi connectivity index (χ3v) is 4.71. The normalized spacial score (nSPS) is 18.9. The number of ether oxygens (including phenoxy) is 3. The molecule has 3 rings (SSSR count). The van der Waals surface area contributed by atoms with E-state index in [1.807, 2.05) is 0 Å². The Bertz CT molecular complexity index is 755. The quantitative estimate of drug-likeness (QED) is 0.356. The topological polar surface area (TPSA) is 119 Å². The fourth-order valence-corrected chi connectivity index (χ4v) is 3.01. The van der Waals surface area contributed by atoms with Crippen LogP contribution in [0.15, 0.2) is 29.4 Å². The van der Waals surface area contributed by atoms with Crippen molar-refractivity contribution in [1.29, 1.82) is 0 Å². The Hall–Kier alpha value is -2.98. The standard InChI is InChI=1S/C20H26N4O6/c25-18(24-7-10-28-11-8-24)14-30-16-5-3-15(4-6-16)12-22-23-20(27)19(26)21-13-17-2-1-9-29-17/h3-6,12,17H,1-2,7-11,13-14H2,(H,21,26)(H,23,27)/b22-12-/t17-/m1/s1. The van der Waals surface area contributed by atoms with Crippen molar-refractivity contribution in [2.24, 2.45) is 5.10 Å². The van der Waals surface area contributed by atoms with Crippen LogP contribution >= 0.6 is 0 Å². The second-order valence-electron chi connectivity index (χ2n) is 6.90. The van der Waals surface area contributed by atoms with E-state index in [0.717, 1.165) is 12.8 Å². The first-order chi connectivity index (χ1) is 14.6. The maximum absolute atomic E-state index is 12.1. The predicted octanol–water partition coefficient (Wildman–Crippen LogP) is -0.330. The highest BCUT2D eigenvalue weighted by Crippen LogP contribution is 2.12. The molecule has 2 saturated heterocycles. The van der Waals surface area contributed by atoms with Gasteiger partial charge < -0.3 is 24.4 Å². The molecule has 0 saturated carbocycles. The van der Waals surface area contributed by atoms with Crippen LogP contribution in [0.25, 0.3) is 0 Å². The number of carbonyl (C=O) groups excluding carboxylic acids is 3. The molecule has 2 fully saturated rings. The van der Waals surface area contributed by atoms with Gasteiger partial charge in [0.2, 0.25) is 0 Å².